The molecule has 0 spiro atoms. The van der Waals surface area contributed by atoms with Gasteiger partial charge in [-0.05, 0) is 30.7 Å². The van der Waals surface area contributed by atoms with Gasteiger partial charge in [-0.3, -0.25) is 4.79 Å². The smallest absolute Gasteiger partial charge is 0.251 e. The van der Waals surface area contributed by atoms with Crippen LogP contribution in [0.4, 0.5) is 5.69 Å². The Morgan fingerprint density at radius 3 is 2.46 bits per heavy atom. The van der Waals surface area contributed by atoms with Crippen LogP contribution in [0.3, 0.4) is 0 Å². The lowest BCUT2D eigenvalue weighted by atomic mass is 10.1. The lowest BCUT2D eigenvalue weighted by molar-refractivity contribution is 0.0962. The Labute approximate surface area is 78.2 Å². The zero-order valence-electron chi connectivity index (χ0n) is 8.14. The van der Waals surface area contributed by atoms with E-state index in [1.165, 1.54) is 0 Å². The van der Waals surface area contributed by atoms with Crippen LogP contribution in [-0.4, -0.2) is 20.0 Å². The molecule has 0 saturated heterocycles. The van der Waals surface area contributed by atoms with Crippen LogP contribution in [0.25, 0.3) is 0 Å². The second kappa shape index (κ2) is 3.94. The molecule has 0 radical (unpaired) electrons. The number of rotatable bonds is 2. The quantitative estimate of drug-likeness (QED) is 0.718. The molecule has 0 aliphatic heterocycles. The molecule has 2 N–H and O–H groups in total. The molecule has 1 amide bonds. The van der Waals surface area contributed by atoms with Gasteiger partial charge in [0.25, 0.3) is 5.91 Å². The average molecular weight is 178 g/mol. The molecule has 1 aromatic carbocycles. The third-order valence-corrected chi connectivity index (χ3v) is 1.99. The fourth-order valence-electron chi connectivity index (χ4n) is 1.21. The Bertz CT molecular complexity index is 321. The first kappa shape index (κ1) is 9.58. The molecular weight excluding hydrogens is 164 g/mol. The van der Waals surface area contributed by atoms with Crippen molar-refractivity contribution in [3.05, 3.63) is 29.3 Å². The zero-order chi connectivity index (χ0) is 9.84. The molecule has 70 valence electrons. The van der Waals surface area contributed by atoms with Gasteiger partial charge in [0.05, 0.1) is 0 Å². The second-order valence-corrected chi connectivity index (χ2v) is 2.86. The van der Waals surface area contributed by atoms with E-state index in [-0.39, 0.29) is 5.91 Å². The maximum atomic E-state index is 11.3. The van der Waals surface area contributed by atoms with Crippen molar-refractivity contribution in [1.29, 1.82) is 0 Å². The Balaban J connectivity index is 3.05. The first-order valence-electron chi connectivity index (χ1n) is 4.19. The number of aryl methyl sites for hydroxylation is 1. The minimum atomic E-state index is -0.0415. The van der Waals surface area contributed by atoms with Gasteiger partial charge in [-0.1, -0.05) is 0 Å². The monoisotopic (exact) mass is 178 g/mol. The fraction of sp³-hybridized carbons (Fsp3) is 0.300. The molecular formula is C10H14N2O. The van der Waals surface area contributed by atoms with Gasteiger partial charge in [0.1, 0.15) is 0 Å². The van der Waals surface area contributed by atoms with Crippen LogP contribution in [0.15, 0.2) is 18.2 Å². The minimum absolute atomic E-state index is 0.0415. The highest BCUT2D eigenvalue weighted by molar-refractivity contribution is 5.95. The van der Waals surface area contributed by atoms with Gasteiger partial charge in [-0.25, -0.2) is 0 Å². The van der Waals surface area contributed by atoms with E-state index in [1.807, 2.05) is 32.2 Å². The van der Waals surface area contributed by atoms with Gasteiger partial charge >= 0.3 is 0 Å². The first-order valence-corrected chi connectivity index (χ1v) is 4.19. The maximum Gasteiger partial charge on any atom is 0.251 e. The van der Waals surface area contributed by atoms with Crippen molar-refractivity contribution in [2.24, 2.45) is 0 Å². The second-order valence-electron chi connectivity index (χ2n) is 2.86. The lowest BCUT2D eigenvalue weighted by Crippen LogP contribution is -2.18. The summed E-state index contributed by atoms with van der Waals surface area (Å²) in [7, 11) is 3.49. The van der Waals surface area contributed by atoms with Crippen molar-refractivity contribution in [1.82, 2.24) is 5.32 Å². The largest absolute Gasteiger partial charge is 0.388 e. The summed E-state index contributed by atoms with van der Waals surface area (Å²) in [5.41, 5.74) is 2.72. The van der Waals surface area contributed by atoms with Crippen molar-refractivity contribution < 1.29 is 4.79 Å². The summed E-state index contributed by atoms with van der Waals surface area (Å²) < 4.78 is 0. The number of carbonyl (C=O) groups is 1. The third-order valence-electron chi connectivity index (χ3n) is 1.99. The van der Waals surface area contributed by atoms with Crippen molar-refractivity contribution in [2.45, 2.75) is 6.92 Å². The summed E-state index contributed by atoms with van der Waals surface area (Å²) >= 11 is 0. The standard InChI is InChI=1S/C10H14N2O/c1-7-6-8(11-2)4-5-9(7)10(13)12-3/h4-6,11H,1-3H3,(H,12,13). The summed E-state index contributed by atoms with van der Waals surface area (Å²) in [4.78, 5) is 11.3. The molecule has 3 heteroatoms. The van der Waals surface area contributed by atoms with Crippen LogP contribution in [0.2, 0.25) is 0 Å². The summed E-state index contributed by atoms with van der Waals surface area (Å²) in [6, 6.07) is 5.65. The Morgan fingerprint density at radius 1 is 1.31 bits per heavy atom. The lowest BCUT2D eigenvalue weighted by Gasteiger charge is -2.06. The highest BCUT2D eigenvalue weighted by Gasteiger charge is 2.06. The molecule has 0 aliphatic rings. The fourth-order valence-corrected chi connectivity index (χ4v) is 1.21. The van der Waals surface area contributed by atoms with Crippen LogP contribution < -0.4 is 10.6 Å². The van der Waals surface area contributed by atoms with Crippen molar-refractivity contribution in [3.8, 4) is 0 Å². The summed E-state index contributed by atoms with van der Waals surface area (Å²) in [5, 5.41) is 5.62. The normalized spacial score (nSPS) is 9.46. The van der Waals surface area contributed by atoms with E-state index in [9.17, 15) is 4.79 Å². The molecule has 0 fully saturated rings. The molecule has 0 aromatic heterocycles. The van der Waals surface area contributed by atoms with Gasteiger partial charge in [-0.2, -0.15) is 0 Å². The van der Waals surface area contributed by atoms with Crippen LogP contribution in [0.5, 0.6) is 0 Å². The van der Waals surface area contributed by atoms with Crippen molar-refractivity contribution in [2.75, 3.05) is 19.4 Å². The topological polar surface area (TPSA) is 41.1 Å². The molecule has 0 bridgehead atoms. The van der Waals surface area contributed by atoms with E-state index < -0.39 is 0 Å². The number of carbonyl (C=O) groups excluding carboxylic acids is 1. The molecule has 3 nitrogen and oxygen atoms in total. The number of benzene rings is 1. The van der Waals surface area contributed by atoms with E-state index in [2.05, 4.69) is 10.6 Å². The summed E-state index contributed by atoms with van der Waals surface area (Å²) in [6.07, 6.45) is 0. The average Bonchev–Trinajstić information content (AvgIpc) is 2.16. The Hall–Kier alpha value is -1.51. The number of anilines is 1. The van der Waals surface area contributed by atoms with Crippen LogP contribution >= 0.6 is 0 Å². The highest BCUT2D eigenvalue weighted by atomic mass is 16.1. The number of hydrogen-bond donors (Lipinski definition) is 2. The van der Waals surface area contributed by atoms with E-state index in [4.69, 9.17) is 0 Å². The SMILES string of the molecule is CNC(=O)c1ccc(NC)cc1C. The van der Waals surface area contributed by atoms with Crippen LogP contribution in [-0.2, 0) is 0 Å². The highest BCUT2D eigenvalue weighted by Crippen LogP contribution is 2.14. The first-order chi connectivity index (χ1) is 6.19. The number of amides is 1. The zero-order valence-corrected chi connectivity index (χ0v) is 8.14. The predicted molar refractivity (Wildman–Crippen MR) is 54.1 cm³/mol. The molecule has 13 heavy (non-hydrogen) atoms. The molecule has 0 atom stereocenters. The minimum Gasteiger partial charge on any atom is -0.388 e. The van der Waals surface area contributed by atoms with Crippen LogP contribution in [0.1, 0.15) is 15.9 Å². The van der Waals surface area contributed by atoms with E-state index >= 15 is 0 Å². The van der Waals surface area contributed by atoms with E-state index in [0.717, 1.165) is 16.8 Å². The predicted octanol–water partition coefficient (Wildman–Crippen LogP) is 1.40. The van der Waals surface area contributed by atoms with Gasteiger partial charge < -0.3 is 10.6 Å². The van der Waals surface area contributed by atoms with Gasteiger partial charge in [0.2, 0.25) is 0 Å². The van der Waals surface area contributed by atoms with E-state index in [0.29, 0.717) is 0 Å². The maximum absolute atomic E-state index is 11.3. The van der Waals surface area contributed by atoms with E-state index in [1.54, 1.807) is 7.05 Å². The van der Waals surface area contributed by atoms with Gasteiger partial charge in [-0.15, -0.1) is 0 Å². The third kappa shape index (κ3) is 1.99. The molecule has 0 aliphatic carbocycles. The molecule has 0 saturated carbocycles. The van der Waals surface area contributed by atoms with Crippen molar-refractivity contribution >= 4 is 11.6 Å². The van der Waals surface area contributed by atoms with Gasteiger partial charge in [0.15, 0.2) is 0 Å². The summed E-state index contributed by atoms with van der Waals surface area (Å²) in [5.74, 6) is -0.0415. The van der Waals surface area contributed by atoms with Gasteiger partial charge in [0, 0.05) is 25.3 Å². The van der Waals surface area contributed by atoms with Crippen LogP contribution in [0, 0.1) is 6.92 Å². The number of nitrogens with one attached hydrogen (secondary N) is 2. The molecule has 0 heterocycles. The molecule has 1 aromatic rings. The Kier molecular flexibility index (Phi) is 2.90. The summed E-state index contributed by atoms with van der Waals surface area (Å²) in [6.45, 7) is 1.92. The Morgan fingerprint density at radius 2 is 2.00 bits per heavy atom. The number of hydrogen-bond acceptors (Lipinski definition) is 2. The molecule has 0 unspecified atom stereocenters. The molecule has 1 rings (SSSR count). The van der Waals surface area contributed by atoms with Crippen molar-refractivity contribution in [3.63, 3.8) is 0 Å².